The Morgan fingerprint density at radius 3 is 2.92 bits per heavy atom. The molecule has 0 spiro atoms. The van der Waals surface area contributed by atoms with Crippen LogP contribution in [0.15, 0.2) is 16.8 Å². The molecular formula is C9H15NOS. The minimum atomic E-state index is 0.101. The van der Waals surface area contributed by atoms with Gasteiger partial charge in [-0.3, -0.25) is 0 Å². The molecule has 0 aliphatic carbocycles. The van der Waals surface area contributed by atoms with Gasteiger partial charge in [0.2, 0.25) is 0 Å². The first-order chi connectivity index (χ1) is 5.74. The van der Waals surface area contributed by atoms with Crippen LogP contribution in [0.25, 0.3) is 0 Å². The highest BCUT2D eigenvalue weighted by Gasteiger charge is 2.11. The number of hydrogen-bond donors (Lipinski definition) is 1. The first-order valence-electron chi connectivity index (χ1n) is 4.03. The van der Waals surface area contributed by atoms with Crippen LogP contribution >= 0.6 is 11.3 Å². The first kappa shape index (κ1) is 9.71. The van der Waals surface area contributed by atoms with Crippen molar-refractivity contribution in [2.45, 2.75) is 25.5 Å². The molecule has 0 aromatic carbocycles. The lowest BCUT2D eigenvalue weighted by Gasteiger charge is -2.17. The molecule has 12 heavy (non-hydrogen) atoms. The van der Waals surface area contributed by atoms with Gasteiger partial charge >= 0.3 is 0 Å². The fraction of sp³-hybridized carbons (Fsp3) is 0.556. The summed E-state index contributed by atoms with van der Waals surface area (Å²) in [6.07, 6.45) is 1.03. The van der Waals surface area contributed by atoms with Gasteiger partial charge in [0, 0.05) is 13.2 Å². The van der Waals surface area contributed by atoms with Gasteiger partial charge in [-0.25, -0.2) is 0 Å². The van der Waals surface area contributed by atoms with Gasteiger partial charge in [-0.15, -0.1) is 0 Å². The van der Waals surface area contributed by atoms with Gasteiger partial charge in [0.15, 0.2) is 0 Å². The summed E-state index contributed by atoms with van der Waals surface area (Å²) in [5.74, 6) is 0. The van der Waals surface area contributed by atoms with Gasteiger partial charge in [0.25, 0.3) is 0 Å². The summed E-state index contributed by atoms with van der Waals surface area (Å²) in [4.78, 5) is 0. The molecule has 3 heteroatoms. The van der Waals surface area contributed by atoms with Crippen molar-refractivity contribution in [2.24, 2.45) is 5.73 Å². The Morgan fingerprint density at radius 2 is 2.42 bits per heavy atom. The molecule has 0 fully saturated rings. The lowest BCUT2D eigenvalue weighted by atomic mass is 10.1. The molecule has 0 aliphatic heterocycles. The molecule has 1 aromatic rings. The Labute approximate surface area is 77.3 Å². The van der Waals surface area contributed by atoms with Gasteiger partial charge < -0.3 is 10.5 Å². The van der Waals surface area contributed by atoms with Crippen LogP contribution in [0.2, 0.25) is 0 Å². The zero-order chi connectivity index (χ0) is 8.97. The van der Waals surface area contributed by atoms with Crippen LogP contribution in [0.5, 0.6) is 0 Å². The maximum atomic E-state index is 5.90. The van der Waals surface area contributed by atoms with Crippen molar-refractivity contribution in [1.29, 1.82) is 0 Å². The van der Waals surface area contributed by atoms with Crippen LogP contribution in [-0.4, -0.2) is 19.3 Å². The van der Waals surface area contributed by atoms with Crippen LogP contribution in [0.4, 0.5) is 0 Å². The fourth-order valence-electron chi connectivity index (χ4n) is 1.02. The van der Waals surface area contributed by atoms with Gasteiger partial charge in [-0.05, 0) is 35.7 Å². The lowest BCUT2D eigenvalue weighted by molar-refractivity contribution is 0.0956. The second kappa shape index (κ2) is 4.60. The van der Waals surface area contributed by atoms with Crippen LogP contribution in [0.3, 0.4) is 0 Å². The van der Waals surface area contributed by atoms with Crippen LogP contribution in [-0.2, 0) is 11.2 Å². The normalized spacial score (nSPS) is 15.9. The molecule has 2 nitrogen and oxygen atoms in total. The first-order valence-corrected chi connectivity index (χ1v) is 4.97. The summed E-state index contributed by atoms with van der Waals surface area (Å²) in [6.45, 7) is 2.00. The number of rotatable bonds is 4. The highest BCUT2D eigenvalue weighted by molar-refractivity contribution is 7.07. The van der Waals surface area contributed by atoms with E-state index in [-0.39, 0.29) is 12.1 Å². The molecule has 0 radical (unpaired) electrons. The average molecular weight is 185 g/mol. The second-order valence-corrected chi connectivity index (χ2v) is 3.72. The van der Waals surface area contributed by atoms with E-state index in [1.807, 2.05) is 6.92 Å². The van der Waals surface area contributed by atoms with E-state index in [1.54, 1.807) is 18.4 Å². The molecule has 2 atom stereocenters. The van der Waals surface area contributed by atoms with E-state index in [4.69, 9.17) is 10.5 Å². The Kier molecular flexibility index (Phi) is 3.72. The molecule has 2 unspecified atom stereocenters. The van der Waals surface area contributed by atoms with Gasteiger partial charge in [-0.1, -0.05) is 0 Å². The summed E-state index contributed by atoms with van der Waals surface area (Å²) >= 11 is 1.70. The zero-order valence-corrected chi connectivity index (χ0v) is 8.30. The van der Waals surface area contributed by atoms with Gasteiger partial charge in [0.1, 0.15) is 0 Å². The average Bonchev–Trinajstić information content (AvgIpc) is 2.55. The van der Waals surface area contributed by atoms with Crippen molar-refractivity contribution in [3.05, 3.63) is 22.4 Å². The van der Waals surface area contributed by atoms with Gasteiger partial charge in [-0.2, -0.15) is 11.3 Å². The molecule has 2 N–H and O–H groups in total. The molecule has 0 bridgehead atoms. The SMILES string of the molecule is COC(C)C(N)Cc1ccsc1. The molecule has 0 saturated heterocycles. The number of hydrogen-bond acceptors (Lipinski definition) is 3. The predicted octanol–water partition coefficient (Wildman–Crippen LogP) is 1.65. The van der Waals surface area contributed by atoms with Crippen molar-refractivity contribution in [3.63, 3.8) is 0 Å². The highest BCUT2D eigenvalue weighted by Crippen LogP contribution is 2.10. The van der Waals surface area contributed by atoms with E-state index in [9.17, 15) is 0 Å². The third-order valence-corrected chi connectivity index (χ3v) is 2.76. The summed E-state index contributed by atoms with van der Waals surface area (Å²) in [7, 11) is 1.69. The molecule has 0 saturated carbocycles. The van der Waals surface area contributed by atoms with Crippen molar-refractivity contribution in [2.75, 3.05) is 7.11 Å². The van der Waals surface area contributed by atoms with Crippen molar-refractivity contribution < 1.29 is 4.74 Å². The minimum absolute atomic E-state index is 0.101. The smallest absolute Gasteiger partial charge is 0.0697 e. The number of ether oxygens (including phenoxy) is 1. The van der Waals surface area contributed by atoms with Crippen molar-refractivity contribution in [3.8, 4) is 0 Å². The number of nitrogens with two attached hydrogens (primary N) is 1. The van der Waals surface area contributed by atoms with E-state index < -0.39 is 0 Å². The summed E-state index contributed by atoms with van der Waals surface area (Å²) in [6, 6.07) is 2.21. The molecular weight excluding hydrogens is 170 g/mol. The summed E-state index contributed by atoms with van der Waals surface area (Å²) in [5.41, 5.74) is 7.20. The number of methoxy groups -OCH3 is 1. The fourth-order valence-corrected chi connectivity index (χ4v) is 1.70. The Bertz CT molecular complexity index is 210. The Balaban J connectivity index is 2.41. The zero-order valence-electron chi connectivity index (χ0n) is 7.49. The highest BCUT2D eigenvalue weighted by atomic mass is 32.1. The van der Waals surface area contributed by atoms with Crippen LogP contribution in [0, 0.1) is 0 Å². The topological polar surface area (TPSA) is 35.2 Å². The molecule has 1 heterocycles. The van der Waals surface area contributed by atoms with E-state index in [2.05, 4.69) is 16.8 Å². The monoisotopic (exact) mass is 185 g/mol. The molecule has 68 valence electrons. The Hall–Kier alpha value is -0.380. The van der Waals surface area contributed by atoms with Crippen LogP contribution < -0.4 is 5.73 Å². The van der Waals surface area contributed by atoms with Gasteiger partial charge in [0.05, 0.1) is 6.10 Å². The van der Waals surface area contributed by atoms with E-state index in [1.165, 1.54) is 5.56 Å². The summed E-state index contributed by atoms with van der Waals surface area (Å²) < 4.78 is 5.14. The molecule has 0 aliphatic rings. The maximum absolute atomic E-state index is 5.90. The quantitative estimate of drug-likeness (QED) is 0.774. The van der Waals surface area contributed by atoms with Crippen molar-refractivity contribution >= 4 is 11.3 Å². The third-order valence-electron chi connectivity index (χ3n) is 2.03. The largest absolute Gasteiger partial charge is 0.380 e. The van der Waals surface area contributed by atoms with Crippen molar-refractivity contribution in [1.82, 2.24) is 0 Å². The minimum Gasteiger partial charge on any atom is -0.380 e. The summed E-state index contributed by atoms with van der Waals surface area (Å²) in [5, 5.41) is 4.20. The Morgan fingerprint density at radius 1 is 1.67 bits per heavy atom. The van der Waals surface area contributed by atoms with E-state index in [0.717, 1.165) is 6.42 Å². The maximum Gasteiger partial charge on any atom is 0.0697 e. The standard InChI is InChI=1S/C9H15NOS/c1-7(11-2)9(10)5-8-3-4-12-6-8/h3-4,6-7,9H,5,10H2,1-2H3. The molecule has 0 amide bonds. The number of thiophene rings is 1. The van der Waals surface area contributed by atoms with E-state index >= 15 is 0 Å². The van der Waals surface area contributed by atoms with Crippen LogP contribution in [0.1, 0.15) is 12.5 Å². The van der Waals surface area contributed by atoms with E-state index in [0.29, 0.717) is 0 Å². The predicted molar refractivity (Wildman–Crippen MR) is 52.5 cm³/mol. The second-order valence-electron chi connectivity index (χ2n) is 2.94. The lowest BCUT2D eigenvalue weighted by Crippen LogP contribution is -2.35. The molecule has 1 rings (SSSR count). The molecule has 1 aromatic heterocycles. The third kappa shape index (κ3) is 2.59.